The predicted molar refractivity (Wildman–Crippen MR) is 84.4 cm³/mol. The molecule has 0 bridgehead atoms. The van der Waals surface area contributed by atoms with E-state index in [0.29, 0.717) is 6.54 Å². The van der Waals surface area contributed by atoms with Gasteiger partial charge in [0.05, 0.1) is 6.04 Å². The van der Waals surface area contributed by atoms with Crippen molar-refractivity contribution in [3.8, 4) is 0 Å². The maximum absolute atomic E-state index is 12.0. The lowest BCUT2D eigenvalue weighted by Gasteiger charge is -2.26. The van der Waals surface area contributed by atoms with E-state index in [1.807, 2.05) is 12.1 Å². The van der Waals surface area contributed by atoms with Gasteiger partial charge in [-0.15, -0.1) is 11.8 Å². The van der Waals surface area contributed by atoms with Crippen LogP contribution in [0.15, 0.2) is 28.7 Å². The van der Waals surface area contributed by atoms with Crippen LogP contribution in [-0.4, -0.2) is 30.1 Å². The first kappa shape index (κ1) is 14.9. The quantitative estimate of drug-likeness (QED) is 0.883. The van der Waals surface area contributed by atoms with Gasteiger partial charge < -0.3 is 5.32 Å². The normalized spacial score (nSPS) is 19.4. The largest absolute Gasteiger partial charge is 0.354 e. The van der Waals surface area contributed by atoms with Gasteiger partial charge in [-0.25, -0.2) is 0 Å². The highest BCUT2D eigenvalue weighted by Gasteiger charge is 2.26. The van der Waals surface area contributed by atoms with Gasteiger partial charge in [-0.3, -0.25) is 10.1 Å². The molecule has 1 heterocycles. The number of amides is 1. The standard InChI is InChI=1S/C14H19BrN2OS/c1-14(2,10-4-3-5-11(15)6-10)8-16-13(18)12-7-19-9-17-12/h3-6,12,17H,7-9H2,1-2H3,(H,16,18). The summed E-state index contributed by atoms with van der Waals surface area (Å²) in [4.78, 5) is 12.0. The van der Waals surface area contributed by atoms with Crippen molar-refractivity contribution in [3.63, 3.8) is 0 Å². The highest BCUT2D eigenvalue weighted by Crippen LogP contribution is 2.25. The Morgan fingerprint density at radius 2 is 2.37 bits per heavy atom. The van der Waals surface area contributed by atoms with E-state index in [1.54, 1.807) is 11.8 Å². The van der Waals surface area contributed by atoms with Crippen LogP contribution in [0.5, 0.6) is 0 Å². The molecule has 1 unspecified atom stereocenters. The van der Waals surface area contributed by atoms with Crippen LogP contribution in [0, 0.1) is 0 Å². The molecule has 1 aliphatic heterocycles. The van der Waals surface area contributed by atoms with Crippen molar-refractivity contribution < 1.29 is 4.79 Å². The molecular formula is C14H19BrN2OS. The van der Waals surface area contributed by atoms with Crippen molar-refractivity contribution in [1.82, 2.24) is 10.6 Å². The lowest BCUT2D eigenvalue weighted by molar-refractivity contribution is -0.122. The molecule has 1 fully saturated rings. The Morgan fingerprint density at radius 1 is 1.58 bits per heavy atom. The fourth-order valence-electron chi connectivity index (χ4n) is 2.01. The molecule has 2 rings (SSSR count). The number of halogens is 1. The average molecular weight is 343 g/mol. The molecule has 5 heteroatoms. The minimum Gasteiger partial charge on any atom is -0.354 e. The minimum absolute atomic E-state index is 0.0386. The smallest absolute Gasteiger partial charge is 0.238 e. The molecule has 1 aromatic rings. The van der Waals surface area contributed by atoms with Gasteiger partial charge in [0.25, 0.3) is 0 Å². The lowest BCUT2D eigenvalue weighted by Crippen LogP contribution is -2.46. The van der Waals surface area contributed by atoms with E-state index in [9.17, 15) is 4.79 Å². The third-order valence-corrected chi connectivity index (χ3v) is 4.78. The van der Waals surface area contributed by atoms with Crippen LogP contribution in [0.4, 0.5) is 0 Å². The molecule has 0 saturated carbocycles. The molecule has 1 saturated heterocycles. The number of carbonyl (C=O) groups is 1. The van der Waals surface area contributed by atoms with Gasteiger partial charge in [0.2, 0.25) is 5.91 Å². The van der Waals surface area contributed by atoms with Gasteiger partial charge in [0.15, 0.2) is 0 Å². The molecule has 1 aromatic carbocycles. The van der Waals surface area contributed by atoms with E-state index in [2.05, 4.69) is 52.5 Å². The first-order valence-corrected chi connectivity index (χ1v) is 8.29. The summed E-state index contributed by atoms with van der Waals surface area (Å²) in [6.45, 7) is 4.93. The summed E-state index contributed by atoms with van der Waals surface area (Å²) in [6, 6.07) is 8.20. The molecular weight excluding hydrogens is 324 g/mol. The van der Waals surface area contributed by atoms with Crippen molar-refractivity contribution >= 4 is 33.6 Å². The number of hydrogen-bond donors (Lipinski definition) is 2. The molecule has 19 heavy (non-hydrogen) atoms. The van der Waals surface area contributed by atoms with Crippen molar-refractivity contribution in [2.75, 3.05) is 18.2 Å². The van der Waals surface area contributed by atoms with Gasteiger partial charge in [-0.05, 0) is 17.7 Å². The van der Waals surface area contributed by atoms with Crippen molar-refractivity contribution in [3.05, 3.63) is 34.3 Å². The summed E-state index contributed by atoms with van der Waals surface area (Å²) in [5.41, 5.74) is 1.14. The van der Waals surface area contributed by atoms with Crippen molar-refractivity contribution in [1.29, 1.82) is 0 Å². The Balaban J connectivity index is 1.95. The van der Waals surface area contributed by atoms with Crippen LogP contribution in [0.1, 0.15) is 19.4 Å². The minimum atomic E-state index is -0.0782. The van der Waals surface area contributed by atoms with E-state index in [4.69, 9.17) is 0 Å². The van der Waals surface area contributed by atoms with Crippen LogP contribution in [-0.2, 0) is 10.2 Å². The highest BCUT2D eigenvalue weighted by molar-refractivity contribution is 9.10. The van der Waals surface area contributed by atoms with E-state index < -0.39 is 0 Å². The molecule has 0 aromatic heterocycles. The fourth-order valence-corrected chi connectivity index (χ4v) is 3.35. The monoisotopic (exact) mass is 342 g/mol. The first-order valence-electron chi connectivity index (χ1n) is 6.34. The van der Waals surface area contributed by atoms with Crippen LogP contribution in [0.3, 0.4) is 0 Å². The molecule has 1 amide bonds. The summed E-state index contributed by atoms with van der Waals surface area (Å²) < 4.78 is 1.07. The summed E-state index contributed by atoms with van der Waals surface area (Å²) in [5, 5.41) is 6.24. The second-order valence-corrected chi connectivity index (χ2v) is 7.33. The first-order chi connectivity index (χ1) is 8.99. The van der Waals surface area contributed by atoms with Gasteiger partial charge in [-0.2, -0.15) is 0 Å². The van der Waals surface area contributed by atoms with Crippen molar-refractivity contribution in [2.24, 2.45) is 0 Å². The summed E-state index contributed by atoms with van der Waals surface area (Å²) in [5.74, 6) is 1.84. The molecule has 2 N–H and O–H groups in total. The number of thioether (sulfide) groups is 1. The topological polar surface area (TPSA) is 41.1 Å². The van der Waals surface area contributed by atoms with Gasteiger partial charge in [-0.1, -0.05) is 41.9 Å². The molecule has 1 aliphatic rings. The third-order valence-electron chi connectivity index (χ3n) is 3.34. The number of hydrogen-bond acceptors (Lipinski definition) is 3. The number of benzene rings is 1. The van der Waals surface area contributed by atoms with E-state index in [-0.39, 0.29) is 17.4 Å². The SMILES string of the molecule is CC(C)(CNC(=O)C1CSCN1)c1cccc(Br)c1. The Bertz CT molecular complexity index is 459. The number of rotatable bonds is 4. The van der Waals surface area contributed by atoms with E-state index >= 15 is 0 Å². The number of carbonyl (C=O) groups excluding carboxylic acids is 1. The van der Waals surface area contributed by atoms with Crippen LogP contribution in [0.25, 0.3) is 0 Å². The molecule has 3 nitrogen and oxygen atoms in total. The second kappa shape index (κ2) is 6.29. The lowest BCUT2D eigenvalue weighted by atomic mass is 9.84. The van der Waals surface area contributed by atoms with Crippen LogP contribution < -0.4 is 10.6 Å². The van der Waals surface area contributed by atoms with Crippen LogP contribution in [0.2, 0.25) is 0 Å². The zero-order chi connectivity index (χ0) is 13.9. The Morgan fingerprint density at radius 3 is 3.00 bits per heavy atom. The van der Waals surface area contributed by atoms with E-state index in [1.165, 1.54) is 5.56 Å². The van der Waals surface area contributed by atoms with Gasteiger partial charge >= 0.3 is 0 Å². The highest BCUT2D eigenvalue weighted by atomic mass is 79.9. The van der Waals surface area contributed by atoms with Crippen LogP contribution >= 0.6 is 27.7 Å². The fraction of sp³-hybridized carbons (Fsp3) is 0.500. The molecule has 104 valence electrons. The Kier molecular flexibility index (Phi) is 4.92. The predicted octanol–water partition coefficient (Wildman–Crippen LogP) is 2.51. The molecule has 1 atom stereocenters. The zero-order valence-corrected chi connectivity index (χ0v) is 13.6. The summed E-state index contributed by atoms with van der Waals surface area (Å²) >= 11 is 5.25. The average Bonchev–Trinajstić information content (AvgIpc) is 2.90. The summed E-state index contributed by atoms with van der Waals surface area (Å²) in [7, 11) is 0. The molecule has 0 aliphatic carbocycles. The second-order valence-electron chi connectivity index (χ2n) is 5.38. The Hall–Kier alpha value is -0.520. The molecule has 0 spiro atoms. The van der Waals surface area contributed by atoms with Gasteiger partial charge in [0.1, 0.15) is 0 Å². The zero-order valence-electron chi connectivity index (χ0n) is 11.2. The maximum atomic E-state index is 12.0. The van der Waals surface area contributed by atoms with Crippen molar-refractivity contribution in [2.45, 2.75) is 25.3 Å². The van der Waals surface area contributed by atoms with Gasteiger partial charge in [0, 0.05) is 28.1 Å². The third kappa shape index (κ3) is 3.97. The maximum Gasteiger partial charge on any atom is 0.238 e. The Labute approximate surface area is 127 Å². The summed E-state index contributed by atoms with van der Waals surface area (Å²) in [6.07, 6.45) is 0. The number of nitrogens with one attached hydrogen (secondary N) is 2. The molecule has 0 radical (unpaired) electrons. The van der Waals surface area contributed by atoms with E-state index in [0.717, 1.165) is 16.1 Å².